The van der Waals surface area contributed by atoms with Crippen LogP contribution >= 0.6 is 0 Å². The van der Waals surface area contributed by atoms with E-state index in [-0.39, 0.29) is 5.91 Å². The molecule has 0 fully saturated rings. The highest BCUT2D eigenvalue weighted by molar-refractivity contribution is 6.00. The highest BCUT2D eigenvalue weighted by Gasteiger charge is 2.21. The van der Waals surface area contributed by atoms with Gasteiger partial charge in [0.1, 0.15) is 17.0 Å². The van der Waals surface area contributed by atoms with Crippen molar-refractivity contribution >= 4 is 5.91 Å². The van der Waals surface area contributed by atoms with Crippen LogP contribution in [0.4, 0.5) is 0 Å². The lowest BCUT2D eigenvalue weighted by molar-refractivity contribution is 0.0945. The molecule has 4 heteroatoms. The van der Waals surface area contributed by atoms with Crippen LogP contribution in [0.25, 0.3) is 11.3 Å². The summed E-state index contributed by atoms with van der Waals surface area (Å²) in [6.45, 7) is 6.85. The second kappa shape index (κ2) is 8.51. The van der Waals surface area contributed by atoms with E-state index in [2.05, 4.69) is 24.3 Å². The second-order valence-electron chi connectivity index (χ2n) is 5.95. The van der Waals surface area contributed by atoms with E-state index in [1.807, 2.05) is 30.3 Å². The van der Waals surface area contributed by atoms with Crippen LogP contribution in [0.5, 0.6) is 0 Å². The Morgan fingerprint density at radius 1 is 1.26 bits per heavy atom. The topological polar surface area (TPSA) is 55.1 Å². The average Bonchev–Trinajstić information content (AvgIpc) is 2.97. The minimum atomic E-state index is -0.0995. The zero-order chi connectivity index (χ0) is 16.7. The Bertz CT molecular complexity index is 620. The fourth-order valence-corrected chi connectivity index (χ4v) is 2.70. The minimum absolute atomic E-state index is 0.0995. The highest BCUT2D eigenvalue weighted by atomic mass is 16.5. The third kappa shape index (κ3) is 4.44. The van der Waals surface area contributed by atoms with E-state index in [0.717, 1.165) is 18.4 Å². The van der Waals surface area contributed by atoms with Gasteiger partial charge < -0.3 is 9.84 Å². The predicted molar refractivity (Wildman–Crippen MR) is 92.3 cm³/mol. The van der Waals surface area contributed by atoms with Crippen LogP contribution in [0.1, 0.15) is 55.6 Å². The smallest absolute Gasteiger partial charge is 0.257 e. The van der Waals surface area contributed by atoms with Gasteiger partial charge >= 0.3 is 0 Å². The average molecular weight is 314 g/mol. The number of hydrogen-bond acceptors (Lipinski definition) is 3. The molecule has 0 radical (unpaired) electrons. The van der Waals surface area contributed by atoms with Crippen LogP contribution in [-0.4, -0.2) is 17.6 Å². The van der Waals surface area contributed by atoms with Gasteiger partial charge in [-0.1, -0.05) is 68.6 Å². The molecule has 0 spiro atoms. The van der Waals surface area contributed by atoms with Crippen molar-refractivity contribution in [2.45, 2.75) is 46.5 Å². The molecule has 0 aliphatic rings. The maximum atomic E-state index is 12.6. The highest BCUT2D eigenvalue weighted by Crippen LogP contribution is 2.25. The van der Waals surface area contributed by atoms with Gasteiger partial charge in [-0.25, -0.2) is 0 Å². The molecule has 1 amide bonds. The van der Waals surface area contributed by atoms with Crippen molar-refractivity contribution in [1.82, 2.24) is 10.5 Å². The second-order valence-corrected chi connectivity index (χ2v) is 5.95. The molecule has 1 aromatic carbocycles. The van der Waals surface area contributed by atoms with Gasteiger partial charge in [0, 0.05) is 12.1 Å². The maximum Gasteiger partial charge on any atom is 0.257 e. The van der Waals surface area contributed by atoms with Gasteiger partial charge in [0.2, 0.25) is 0 Å². The van der Waals surface area contributed by atoms with Crippen molar-refractivity contribution in [3.63, 3.8) is 0 Å². The number of carbonyl (C=O) groups is 1. The molecule has 23 heavy (non-hydrogen) atoms. The summed E-state index contributed by atoms with van der Waals surface area (Å²) in [6.07, 6.45) is 4.62. The number of hydrogen-bond donors (Lipinski definition) is 1. The van der Waals surface area contributed by atoms with Gasteiger partial charge in [-0.3, -0.25) is 4.79 Å². The van der Waals surface area contributed by atoms with E-state index >= 15 is 0 Å². The molecule has 0 saturated carbocycles. The number of unbranched alkanes of at least 4 members (excludes halogenated alkanes) is 1. The molecular formula is C19H26N2O2. The van der Waals surface area contributed by atoms with Gasteiger partial charge in [-0.15, -0.1) is 0 Å². The molecule has 0 unspecified atom stereocenters. The zero-order valence-electron chi connectivity index (χ0n) is 14.3. The molecule has 1 N–H and O–H groups in total. The quantitative estimate of drug-likeness (QED) is 0.775. The Kier molecular flexibility index (Phi) is 6.39. The number of rotatable bonds is 8. The number of benzene rings is 1. The molecule has 2 aromatic rings. The van der Waals surface area contributed by atoms with Crippen molar-refractivity contribution in [2.24, 2.45) is 5.92 Å². The summed E-state index contributed by atoms with van der Waals surface area (Å²) in [5.74, 6) is 0.986. The number of aromatic nitrogens is 1. The zero-order valence-corrected chi connectivity index (χ0v) is 14.3. The lowest BCUT2D eigenvalue weighted by Crippen LogP contribution is -2.29. The molecule has 1 atom stereocenters. The van der Waals surface area contributed by atoms with Gasteiger partial charge in [0.25, 0.3) is 5.91 Å². The van der Waals surface area contributed by atoms with Crippen molar-refractivity contribution in [3.05, 3.63) is 41.7 Å². The fraction of sp³-hybridized carbons (Fsp3) is 0.474. The number of nitrogens with one attached hydrogen (secondary N) is 1. The van der Waals surface area contributed by atoms with Crippen molar-refractivity contribution < 1.29 is 9.32 Å². The summed E-state index contributed by atoms with van der Waals surface area (Å²) in [5, 5.41) is 7.13. The Morgan fingerprint density at radius 3 is 2.65 bits per heavy atom. The molecule has 1 aromatic heterocycles. The first-order valence-corrected chi connectivity index (χ1v) is 8.47. The van der Waals surface area contributed by atoms with Crippen molar-refractivity contribution in [3.8, 4) is 11.3 Å². The summed E-state index contributed by atoms with van der Waals surface area (Å²) in [6, 6.07) is 9.67. The number of nitrogens with zero attached hydrogens (tertiary/aromatic N) is 1. The third-order valence-electron chi connectivity index (χ3n) is 4.23. The maximum absolute atomic E-state index is 12.6. The minimum Gasteiger partial charge on any atom is -0.360 e. The molecule has 0 saturated heterocycles. The van der Waals surface area contributed by atoms with Crippen LogP contribution < -0.4 is 5.32 Å². The van der Waals surface area contributed by atoms with E-state index in [1.165, 1.54) is 12.8 Å². The summed E-state index contributed by atoms with van der Waals surface area (Å²) in [7, 11) is 0. The molecule has 124 valence electrons. The van der Waals surface area contributed by atoms with Crippen LogP contribution in [0.2, 0.25) is 0 Å². The van der Waals surface area contributed by atoms with E-state index < -0.39 is 0 Å². The SMILES string of the molecule is CCCC[C@@H](CC)CNC(=O)c1c(-c2ccccc2)noc1C. The van der Waals surface area contributed by atoms with E-state index in [4.69, 9.17) is 4.52 Å². The lowest BCUT2D eigenvalue weighted by Gasteiger charge is -2.15. The van der Waals surface area contributed by atoms with Gasteiger partial charge in [0.15, 0.2) is 0 Å². The summed E-state index contributed by atoms with van der Waals surface area (Å²) in [5.41, 5.74) is 2.05. The Hall–Kier alpha value is -2.10. The fourth-order valence-electron chi connectivity index (χ4n) is 2.70. The van der Waals surface area contributed by atoms with Gasteiger partial charge in [-0.2, -0.15) is 0 Å². The molecule has 0 aliphatic heterocycles. The van der Waals surface area contributed by atoms with Crippen LogP contribution in [0.15, 0.2) is 34.9 Å². The molecule has 2 rings (SSSR count). The summed E-state index contributed by atoms with van der Waals surface area (Å²) in [4.78, 5) is 12.6. The van der Waals surface area contributed by atoms with Gasteiger partial charge in [0.05, 0.1) is 0 Å². The van der Waals surface area contributed by atoms with Crippen molar-refractivity contribution in [2.75, 3.05) is 6.54 Å². The first-order valence-electron chi connectivity index (χ1n) is 8.47. The first kappa shape index (κ1) is 17.3. The first-order chi connectivity index (χ1) is 11.2. The monoisotopic (exact) mass is 314 g/mol. The Morgan fingerprint density at radius 2 is 2.00 bits per heavy atom. The standard InChI is InChI=1S/C19H26N2O2/c1-4-6-10-15(5-2)13-20-19(22)17-14(3)23-21-18(17)16-11-8-7-9-12-16/h7-9,11-12,15H,4-6,10,13H2,1-3H3,(H,20,22)/t15-/m1/s1. The van der Waals surface area contributed by atoms with Gasteiger partial charge in [-0.05, 0) is 19.3 Å². The van der Waals surface area contributed by atoms with E-state index in [1.54, 1.807) is 6.92 Å². The number of carbonyl (C=O) groups excluding carboxylic acids is 1. The summed E-state index contributed by atoms with van der Waals surface area (Å²) < 4.78 is 5.26. The summed E-state index contributed by atoms with van der Waals surface area (Å²) >= 11 is 0. The Labute approximate surface area is 138 Å². The molecule has 1 heterocycles. The number of amides is 1. The molecule has 4 nitrogen and oxygen atoms in total. The molecule has 0 bridgehead atoms. The van der Waals surface area contributed by atoms with Crippen molar-refractivity contribution in [1.29, 1.82) is 0 Å². The number of aryl methyl sites for hydroxylation is 1. The predicted octanol–water partition coefficient (Wildman–Crippen LogP) is 4.60. The normalized spacial score (nSPS) is 12.1. The molecule has 0 aliphatic carbocycles. The van der Waals surface area contributed by atoms with E-state index in [9.17, 15) is 4.79 Å². The largest absolute Gasteiger partial charge is 0.360 e. The molecular weight excluding hydrogens is 288 g/mol. The van der Waals surface area contributed by atoms with Crippen LogP contribution in [0.3, 0.4) is 0 Å². The van der Waals surface area contributed by atoms with Crippen LogP contribution in [-0.2, 0) is 0 Å². The Balaban J connectivity index is 2.09. The van der Waals surface area contributed by atoms with Crippen LogP contribution in [0, 0.1) is 12.8 Å². The lowest BCUT2D eigenvalue weighted by atomic mass is 9.99. The third-order valence-corrected chi connectivity index (χ3v) is 4.23. The van der Waals surface area contributed by atoms with E-state index in [0.29, 0.717) is 29.5 Å².